The molecule has 25 heavy (non-hydrogen) atoms. The number of hydrogen-bond acceptors (Lipinski definition) is 4. The van der Waals surface area contributed by atoms with E-state index >= 15 is 0 Å². The Bertz CT molecular complexity index is 854. The van der Waals surface area contributed by atoms with Crippen LogP contribution in [0.15, 0.2) is 48.0 Å². The van der Waals surface area contributed by atoms with Crippen molar-refractivity contribution in [3.05, 3.63) is 64.7 Å². The van der Waals surface area contributed by atoms with E-state index in [0.717, 1.165) is 5.56 Å². The highest BCUT2D eigenvalue weighted by molar-refractivity contribution is 6.14. The second kappa shape index (κ2) is 8.06. The largest absolute Gasteiger partial charge is 0.493 e. The molecule has 0 spiro atoms. The monoisotopic (exact) mass is 343 g/mol. The van der Waals surface area contributed by atoms with E-state index < -0.39 is 12.4 Å². The van der Waals surface area contributed by atoms with Crippen molar-refractivity contribution in [2.45, 2.75) is 13.5 Å². The van der Waals surface area contributed by atoms with Crippen molar-refractivity contribution in [3.63, 3.8) is 0 Å². The lowest BCUT2D eigenvalue weighted by Crippen LogP contribution is -2.05. The van der Waals surface area contributed by atoms with Crippen molar-refractivity contribution < 1.29 is 23.0 Å². The van der Waals surface area contributed by atoms with Gasteiger partial charge in [-0.1, -0.05) is 30.3 Å². The van der Waals surface area contributed by atoms with Crippen LogP contribution in [-0.2, 0) is 0 Å². The molecule has 0 saturated heterocycles. The lowest BCUT2D eigenvalue weighted by atomic mass is 9.98. The highest BCUT2D eigenvalue weighted by atomic mass is 19.3. The first kappa shape index (κ1) is 18.1. The molecule has 2 aromatic rings. The minimum absolute atomic E-state index is 0.109. The standard InChI is InChI=1S/C19H15F2NO3/c1-12-5-3-4-6-15(12)18(23)14(11-22)9-13-7-8-16(24-2)17(10-13)25-19(20)21/h3-10,19H,1-2H3/b14-9+. The smallest absolute Gasteiger partial charge is 0.387 e. The van der Waals surface area contributed by atoms with E-state index in [4.69, 9.17) is 4.74 Å². The highest BCUT2D eigenvalue weighted by Crippen LogP contribution is 2.30. The molecule has 2 aromatic carbocycles. The number of hydrogen-bond donors (Lipinski definition) is 0. The topological polar surface area (TPSA) is 59.3 Å². The summed E-state index contributed by atoms with van der Waals surface area (Å²) in [4.78, 5) is 12.5. The van der Waals surface area contributed by atoms with E-state index in [1.807, 2.05) is 6.07 Å². The van der Waals surface area contributed by atoms with Crippen molar-refractivity contribution in [3.8, 4) is 17.6 Å². The first-order valence-corrected chi connectivity index (χ1v) is 7.31. The van der Waals surface area contributed by atoms with Crippen LogP contribution in [0.25, 0.3) is 6.08 Å². The third kappa shape index (κ3) is 4.42. The number of nitriles is 1. The number of methoxy groups -OCH3 is 1. The van der Waals surface area contributed by atoms with Crippen LogP contribution < -0.4 is 9.47 Å². The molecule has 0 fully saturated rings. The number of benzene rings is 2. The van der Waals surface area contributed by atoms with Gasteiger partial charge in [-0.25, -0.2) is 0 Å². The van der Waals surface area contributed by atoms with E-state index in [9.17, 15) is 18.8 Å². The summed E-state index contributed by atoms with van der Waals surface area (Å²) in [5, 5.41) is 9.31. The Morgan fingerprint density at radius 2 is 1.92 bits per heavy atom. The predicted molar refractivity (Wildman–Crippen MR) is 88.7 cm³/mol. The Morgan fingerprint density at radius 1 is 1.20 bits per heavy atom. The number of nitrogens with zero attached hydrogens (tertiary/aromatic N) is 1. The van der Waals surface area contributed by atoms with Crippen LogP contribution in [0.4, 0.5) is 8.78 Å². The summed E-state index contributed by atoms with van der Waals surface area (Å²) in [6.45, 7) is -1.25. The third-order valence-corrected chi connectivity index (χ3v) is 3.47. The van der Waals surface area contributed by atoms with Gasteiger partial charge in [0.2, 0.25) is 5.78 Å². The molecule has 6 heteroatoms. The molecule has 2 rings (SSSR count). The van der Waals surface area contributed by atoms with Gasteiger partial charge in [-0.15, -0.1) is 0 Å². The number of carbonyl (C=O) groups is 1. The lowest BCUT2D eigenvalue weighted by Gasteiger charge is -2.10. The van der Waals surface area contributed by atoms with Gasteiger partial charge in [0.1, 0.15) is 11.6 Å². The summed E-state index contributed by atoms with van der Waals surface area (Å²) in [6.07, 6.45) is 1.33. The maximum atomic E-state index is 12.5. The Kier molecular flexibility index (Phi) is 5.85. The summed E-state index contributed by atoms with van der Waals surface area (Å²) in [6, 6.07) is 13.0. The minimum atomic E-state index is -3.02. The molecule has 128 valence electrons. The maximum absolute atomic E-state index is 12.5. The fourth-order valence-corrected chi connectivity index (χ4v) is 2.26. The molecule has 0 saturated carbocycles. The fourth-order valence-electron chi connectivity index (χ4n) is 2.26. The van der Waals surface area contributed by atoms with Gasteiger partial charge >= 0.3 is 6.61 Å². The Hall–Kier alpha value is -3.20. The van der Waals surface area contributed by atoms with Crippen LogP contribution in [0.3, 0.4) is 0 Å². The summed E-state index contributed by atoms with van der Waals surface area (Å²) >= 11 is 0. The summed E-state index contributed by atoms with van der Waals surface area (Å²) in [5.41, 5.74) is 1.41. The first-order valence-electron chi connectivity index (χ1n) is 7.31. The quantitative estimate of drug-likeness (QED) is 0.443. The van der Waals surface area contributed by atoms with Crippen molar-refractivity contribution >= 4 is 11.9 Å². The highest BCUT2D eigenvalue weighted by Gasteiger charge is 2.15. The number of rotatable bonds is 6. The molecule has 0 bridgehead atoms. The zero-order valence-electron chi connectivity index (χ0n) is 13.6. The van der Waals surface area contributed by atoms with Gasteiger partial charge in [-0.05, 0) is 36.3 Å². The molecule has 0 aromatic heterocycles. The number of ketones is 1. The molecule has 0 atom stereocenters. The normalized spacial score (nSPS) is 11.1. The Morgan fingerprint density at radius 3 is 2.52 bits per heavy atom. The lowest BCUT2D eigenvalue weighted by molar-refractivity contribution is -0.0512. The average Bonchev–Trinajstić information content (AvgIpc) is 2.59. The van der Waals surface area contributed by atoms with Gasteiger partial charge in [-0.3, -0.25) is 4.79 Å². The first-order chi connectivity index (χ1) is 12.0. The van der Waals surface area contributed by atoms with Crippen molar-refractivity contribution in [1.82, 2.24) is 0 Å². The summed E-state index contributed by atoms with van der Waals surface area (Å²) in [7, 11) is 1.32. The number of ether oxygens (including phenoxy) is 2. The third-order valence-electron chi connectivity index (χ3n) is 3.47. The van der Waals surface area contributed by atoms with Crippen molar-refractivity contribution in [2.75, 3.05) is 7.11 Å². The molecule has 4 nitrogen and oxygen atoms in total. The van der Waals surface area contributed by atoms with Crippen molar-refractivity contribution in [1.29, 1.82) is 5.26 Å². The molecule has 0 heterocycles. The van der Waals surface area contributed by atoms with E-state index in [1.54, 1.807) is 37.3 Å². The second-order valence-corrected chi connectivity index (χ2v) is 5.10. The molecular weight excluding hydrogens is 328 g/mol. The van der Waals surface area contributed by atoms with E-state index in [2.05, 4.69) is 4.74 Å². The predicted octanol–water partition coefficient (Wildman–Crippen LogP) is 4.39. The summed E-state index contributed by atoms with van der Waals surface area (Å²) < 4.78 is 34.3. The minimum Gasteiger partial charge on any atom is -0.493 e. The van der Waals surface area contributed by atoms with Crippen LogP contribution in [0.1, 0.15) is 21.5 Å². The number of aryl methyl sites for hydroxylation is 1. The summed E-state index contributed by atoms with van der Waals surface area (Å²) in [5.74, 6) is -0.485. The molecular formula is C19H15F2NO3. The zero-order valence-corrected chi connectivity index (χ0v) is 13.6. The number of allylic oxidation sites excluding steroid dienone is 1. The Labute approximate surface area is 143 Å². The fraction of sp³-hybridized carbons (Fsp3) is 0.158. The van der Waals surface area contributed by atoms with Crippen LogP contribution in [0, 0.1) is 18.3 Å². The molecule has 0 aliphatic heterocycles. The zero-order chi connectivity index (χ0) is 18.4. The SMILES string of the molecule is COc1ccc(/C=C(\C#N)C(=O)c2ccccc2C)cc1OC(F)F. The van der Waals surface area contributed by atoms with E-state index in [-0.39, 0.29) is 17.1 Å². The molecule has 0 amide bonds. The Balaban J connectivity index is 2.41. The second-order valence-electron chi connectivity index (χ2n) is 5.10. The van der Waals surface area contributed by atoms with Gasteiger partial charge in [-0.2, -0.15) is 14.0 Å². The number of carbonyl (C=O) groups excluding carboxylic acids is 1. The van der Waals surface area contributed by atoms with Gasteiger partial charge in [0.05, 0.1) is 7.11 Å². The van der Waals surface area contributed by atoms with Gasteiger partial charge in [0, 0.05) is 5.56 Å². The maximum Gasteiger partial charge on any atom is 0.387 e. The van der Waals surface area contributed by atoms with Gasteiger partial charge in [0.15, 0.2) is 11.5 Å². The van der Waals surface area contributed by atoms with Crippen LogP contribution >= 0.6 is 0 Å². The van der Waals surface area contributed by atoms with Gasteiger partial charge in [0.25, 0.3) is 0 Å². The van der Waals surface area contributed by atoms with Crippen molar-refractivity contribution in [2.24, 2.45) is 0 Å². The van der Waals surface area contributed by atoms with Crippen LogP contribution in [0.2, 0.25) is 0 Å². The number of Topliss-reactive ketones (excluding diaryl/α,β-unsaturated/α-hetero) is 1. The molecule has 0 unspecified atom stereocenters. The molecule has 0 N–H and O–H groups in total. The van der Waals surface area contributed by atoms with E-state index in [0.29, 0.717) is 11.1 Å². The van der Waals surface area contributed by atoms with E-state index in [1.165, 1.54) is 25.3 Å². The van der Waals surface area contributed by atoms with Crippen LogP contribution in [0.5, 0.6) is 11.5 Å². The van der Waals surface area contributed by atoms with Crippen LogP contribution in [-0.4, -0.2) is 19.5 Å². The number of alkyl halides is 2. The molecule has 0 radical (unpaired) electrons. The molecule has 0 aliphatic carbocycles. The van der Waals surface area contributed by atoms with Gasteiger partial charge < -0.3 is 9.47 Å². The number of halogens is 2. The molecule has 0 aliphatic rings. The average molecular weight is 343 g/mol.